The van der Waals surface area contributed by atoms with Crippen LogP contribution in [-0.4, -0.2) is 41.5 Å². The Morgan fingerprint density at radius 1 is 1.06 bits per heavy atom. The summed E-state index contributed by atoms with van der Waals surface area (Å²) >= 11 is 0. The Bertz CT molecular complexity index is 1280. The van der Waals surface area contributed by atoms with Crippen molar-refractivity contribution in [1.82, 2.24) is 4.90 Å². The van der Waals surface area contributed by atoms with Crippen molar-refractivity contribution in [3.8, 4) is 17.2 Å². The van der Waals surface area contributed by atoms with Crippen molar-refractivity contribution in [3.63, 3.8) is 0 Å². The maximum absolute atomic E-state index is 13.3. The highest BCUT2D eigenvalue weighted by atomic mass is 16.6. The van der Waals surface area contributed by atoms with Crippen LogP contribution in [0.25, 0.3) is 5.76 Å². The van der Waals surface area contributed by atoms with E-state index >= 15 is 0 Å². The molecule has 0 unspecified atom stereocenters. The third-order valence-electron chi connectivity index (χ3n) is 5.91. The summed E-state index contributed by atoms with van der Waals surface area (Å²) in [6.07, 6.45) is 2.35. The molecule has 8 heteroatoms. The molecule has 3 heterocycles. The summed E-state index contributed by atoms with van der Waals surface area (Å²) in [6.45, 7) is 3.44. The summed E-state index contributed by atoms with van der Waals surface area (Å²) in [5.41, 5.74) is 0.989. The Balaban J connectivity index is 1.61. The van der Waals surface area contributed by atoms with Gasteiger partial charge in [0.25, 0.3) is 11.7 Å². The number of hydrogen-bond acceptors (Lipinski definition) is 7. The summed E-state index contributed by atoms with van der Waals surface area (Å²) in [6, 6.07) is 14.8. The average Bonchev–Trinajstić information content (AvgIpc) is 3.49. The summed E-state index contributed by atoms with van der Waals surface area (Å²) in [5.74, 6) is 0.397. The highest BCUT2D eigenvalue weighted by Gasteiger charge is 2.46. The van der Waals surface area contributed by atoms with Gasteiger partial charge in [0.1, 0.15) is 30.5 Å². The number of benzene rings is 2. The highest BCUT2D eigenvalue weighted by Crippen LogP contribution is 2.42. The average molecular weight is 475 g/mol. The molecule has 1 fully saturated rings. The first-order valence-corrected chi connectivity index (χ1v) is 11.5. The number of hydrogen-bond donors (Lipinski definition) is 1. The summed E-state index contributed by atoms with van der Waals surface area (Å²) in [4.78, 5) is 27.8. The molecule has 0 radical (unpaired) electrons. The van der Waals surface area contributed by atoms with E-state index in [0.717, 1.165) is 6.42 Å². The topological polar surface area (TPSA) is 98.4 Å². The van der Waals surface area contributed by atoms with Crippen molar-refractivity contribution in [2.45, 2.75) is 25.9 Å². The number of fused-ring (bicyclic) bond motifs is 1. The van der Waals surface area contributed by atoms with Crippen LogP contribution in [0.5, 0.6) is 17.2 Å². The molecule has 0 aliphatic carbocycles. The van der Waals surface area contributed by atoms with Crippen LogP contribution in [0, 0.1) is 0 Å². The minimum Gasteiger partial charge on any atom is -0.507 e. The van der Waals surface area contributed by atoms with Gasteiger partial charge in [-0.2, -0.15) is 0 Å². The molecule has 35 heavy (non-hydrogen) atoms. The van der Waals surface area contributed by atoms with Gasteiger partial charge in [-0.25, -0.2) is 0 Å². The second kappa shape index (κ2) is 9.58. The number of rotatable bonds is 7. The van der Waals surface area contributed by atoms with Gasteiger partial charge in [-0.1, -0.05) is 19.1 Å². The fourth-order valence-corrected chi connectivity index (χ4v) is 4.30. The van der Waals surface area contributed by atoms with Crippen LogP contribution < -0.4 is 14.2 Å². The molecule has 3 aromatic rings. The molecule has 2 aromatic carbocycles. The van der Waals surface area contributed by atoms with Crippen molar-refractivity contribution in [1.29, 1.82) is 0 Å². The number of likely N-dealkylation sites (tertiary alicyclic amines) is 1. The molecule has 1 aromatic heterocycles. The van der Waals surface area contributed by atoms with Gasteiger partial charge in [0.2, 0.25) is 0 Å². The van der Waals surface area contributed by atoms with Gasteiger partial charge in [0, 0.05) is 5.56 Å². The predicted octanol–water partition coefficient (Wildman–Crippen LogP) is 4.46. The Kier molecular flexibility index (Phi) is 6.18. The van der Waals surface area contributed by atoms with Gasteiger partial charge in [0.05, 0.1) is 31.0 Å². The van der Waals surface area contributed by atoms with E-state index in [4.69, 9.17) is 18.6 Å². The molecular formula is C27H25NO7. The molecule has 1 N–H and O–H groups in total. The first-order chi connectivity index (χ1) is 17.1. The molecule has 0 spiro atoms. The second-order valence-electron chi connectivity index (χ2n) is 8.29. The first kappa shape index (κ1) is 22.6. The van der Waals surface area contributed by atoms with E-state index in [1.807, 2.05) is 19.1 Å². The van der Waals surface area contributed by atoms with E-state index in [-0.39, 0.29) is 17.9 Å². The third-order valence-corrected chi connectivity index (χ3v) is 5.91. The molecule has 0 bridgehead atoms. The van der Waals surface area contributed by atoms with E-state index in [9.17, 15) is 14.7 Å². The van der Waals surface area contributed by atoms with Crippen LogP contribution in [0.1, 0.15) is 36.3 Å². The van der Waals surface area contributed by atoms with Crippen LogP contribution in [-0.2, 0) is 16.1 Å². The smallest absolute Gasteiger partial charge is 0.296 e. The van der Waals surface area contributed by atoms with Gasteiger partial charge >= 0.3 is 0 Å². The number of aliphatic hydroxyl groups excluding tert-OH is 1. The van der Waals surface area contributed by atoms with Crippen molar-refractivity contribution in [3.05, 3.63) is 83.3 Å². The van der Waals surface area contributed by atoms with E-state index < -0.39 is 17.7 Å². The number of ketones is 1. The number of furan rings is 1. The fraction of sp³-hybridized carbons (Fsp3) is 0.259. The van der Waals surface area contributed by atoms with E-state index in [0.29, 0.717) is 54.0 Å². The standard InChI is InChI=1S/C27H25NO7/c1-2-10-32-19-6-3-5-17(14-19)24-23(26(30)27(31)28(24)16-20-7-4-11-33-20)25(29)18-8-9-21-22(15-18)35-13-12-34-21/h3-9,11,14-15,24,29H,2,10,12-13,16H2,1H3/t24-/m0/s1. The fourth-order valence-electron chi connectivity index (χ4n) is 4.30. The molecular weight excluding hydrogens is 450 g/mol. The summed E-state index contributed by atoms with van der Waals surface area (Å²) in [5, 5.41) is 11.3. The molecule has 180 valence electrons. The number of ether oxygens (including phenoxy) is 3. The van der Waals surface area contributed by atoms with Gasteiger partial charge in [-0.05, 0) is 54.4 Å². The summed E-state index contributed by atoms with van der Waals surface area (Å²) in [7, 11) is 0. The van der Waals surface area contributed by atoms with Crippen LogP contribution in [0.15, 0.2) is 70.9 Å². The van der Waals surface area contributed by atoms with Crippen molar-refractivity contribution in [2.75, 3.05) is 19.8 Å². The minimum absolute atomic E-state index is 0.00845. The number of nitrogens with zero attached hydrogens (tertiary/aromatic N) is 1. The third kappa shape index (κ3) is 4.35. The van der Waals surface area contributed by atoms with Gasteiger partial charge in [0.15, 0.2) is 11.5 Å². The Labute approximate surface area is 202 Å². The van der Waals surface area contributed by atoms with Crippen LogP contribution in [0.2, 0.25) is 0 Å². The SMILES string of the molecule is CCCOc1cccc([C@H]2C(=C(O)c3ccc4c(c3)OCCO4)C(=O)C(=O)N2Cc2ccco2)c1. The molecule has 2 aliphatic rings. The normalized spacial score (nSPS) is 18.7. The van der Waals surface area contributed by atoms with Gasteiger partial charge in [-0.15, -0.1) is 0 Å². The maximum Gasteiger partial charge on any atom is 0.296 e. The van der Waals surface area contributed by atoms with E-state index in [2.05, 4.69) is 0 Å². The second-order valence-corrected chi connectivity index (χ2v) is 8.29. The lowest BCUT2D eigenvalue weighted by atomic mass is 9.95. The molecule has 2 aliphatic heterocycles. The molecule has 1 saturated heterocycles. The zero-order valence-corrected chi connectivity index (χ0v) is 19.2. The van der Waals surface area contributed by atoms with Gasteiger partial charge in [-0.3, -0.25) is 9.59 Å². The lowest BCUT2D eigenvalue weighted by Crippen LogP contribution is -2.29. The van der Waals surface area contributed by atoms with Crippen molar-refractivity contribution >= 4 is 17.4 Å². The Morgan fingerprint density at radius 2 is 1.89 bits per heavy atom. The summed E-state index contributed by atoms with van der Waals surface area (Å²) < 4.78 is 22.4. The largest absolute Gasteiger partial charge is 0.507 e. The number of amides is 1. The van der Waals surface area contributed by atoms with E-state index in [1.54, 1.807) is 42.5 Å². The lowest BCUT2D eigenvalue weighted by Gasteiger charge is -2.25. The maximum atomic E-state index is 13.3. The van der Waals surface area contributed by atoms with E-state index in [1.165, 1.54) is 11.2 Å². The molecule has 1 amide bonds. The predicted molar refractivity (Wildman–Crippen MR) is 126 cm³/mol. The number of carbonyl (C=O) groups excluding carboxylic acids is 2. The van der Waals surface area contributed by atoms with Crippen LogP contribution >= 0.6 is 0 Å². The minimum atomic E-state index is -0.835. The molecule has 8 nitrogen and oxygen atoms in total. The van der Waals surface area contributed by atoms with Crippen molar-refractivity contribution < 1.29 is 33.3 Å². The molecule has 5 rings (SSSR count). The Morgan fingerprint density at radius 3 is 2.66 bits per heavy atom. The highest BCUT2D eigenvalue weighted by molar-refractivity contribution is 6.46. The monoisotopic (exact) mass is 475 g/mol. The van der Waals surface area contributed by atoms with Gasteiger partial charge < -0.3 is 28.6 Å². The van der Waals surface area contributed by atoms with Crippen LogP contribution in [0.3, 0.4) is 0 Å². The van der Waals surface area contributed by atoms with Crippen molar-refractivity contribution in [2.24, 2.45) is 0 Å². The number of Topliss-reactive ketones (excluding diaryl/α,β-unsaturated/α-hetero) is 1. The lowest BCUT2D eigenvalue weighted by molar-refractivity contribution is -0.140. The Hall–Kier alpha value is -4.20. The quantitative estimate of drug-likeness (QED) is 0.306. The first-order valence-electron chi connectivity index (χ1n) is 11.5. The molecule has 0 saturated carbocycles. The van der Waals surface area contributed by atoms with Crippen LogP contribution in [0.4, 0.5) is 0 Å². The zero-order valence-electron chi connectivity index (χ0n) is 19.2. The number of carbonyl (C=O) groups is 2. The molecule has 1 atom stereocenters. The zero-order chi connectivity index (χ0) is 24.4. The number of aliphatic hydroxyl groups is 1.